The van der Waals surface area contributed by atoms with Crippen LogP contribution in [0.2, 0.25) is 0 Å². The zero-order valence-electron chi connectivity index (χ0n) is 11.4. The Morgan fingerprint density at radius 3 is 2.57 bits per heavy atom. The quantitative estimate of drug-likeness (QED) is 0.792. The predicted molar refractivity (Wildman–Crippen MR) is 86.1 cm³/mol. The van der Waals surface area contributed by atoms with E-state index >= 15 is 0 Å². The van der Waals surface area contributed by atoms with Gasteiger partial charge in [-0.3, -0.25) is 4.79 Å². The van der Waals surface area contributed by atoms with Crippen LogP contribution in [0.1, 0.15) is 42.5 Å². The van der Waals surface area contributed by atoms with Crippen LogP contribution in [-0.2, 0) is 9.05 Å². The Bertz CT molecular complexity index is 627. The molecule has 0 unspecified atom stereocenters. The van der Waals surface area contributed by atoms with E-state index in [2.05, 4.69) is 21.2 Å². The molecule has 4 nitrogen and oxygen atoms in total. The van der Waals surface area contributed by atoms with Crippen molar-refractivity contribution in [2.75, 3.05) is 6.54 Å². The molecule has 0 atom stereocenters. The molecule has 1 aromatic carbocycles. The molecule has 0 bridgehead atoms. The molecule has 7 heteroatoms. The van der Waals surface area contributed by atoms with Crippen LogP contribution in [-0.4, -0.2) is 20.9 Å². The molecular formula is C14H17BrClNO3S. The standard InChI is InChI=1S/C14H17BrClNO3S/c15-12-7-6-11(8-13(12)21(16,19)20)14(18)17-9-10-4-2-1-3-5-10/h6-8,10H,1-5,9H2,(H,17,18). The molecule has 1 fully saturated rings. The van der Waals surface area contributed by atoms with Gasteiger partial charge in [-0.05, 0) is 52.9 Å². The molecule has 0 spiro atoms. The van der Waals surface area contributed by atoms with Gasteiger partial charge >= 0.3 is 0 Å². The van der Waals surface area contributed by atoms with Crippen molar-refractivity contribution in [3.63, 3.8) is 0 Å². The third-order valence-corrected chi connectivity index (χ3v) is 6.05. The number of hydrogen-bond acceptors (Lipinski definition) is 3. The van der Waals surface area contributed by atoms with Crippen molar-refractivity contribution >= 4 is 41.6 Å². The van der Waals surface area contributed by atoms with Crippen LogP contribution in [0, 0.1) is 5.92 Å². The second-order valence-electron chi connectivity index (χ2n) is 5.30. The lowest BCUT2D eigenvalue weighted by atomic mass is 9.89. The number of halogens is 2. The Morgan fingerprint density at radius 1 is 1.29 bits per heavy atom. The minimum Gasteiger partial charge on any atom is -0.352 e. The lowest BCUT2D eigenvalue weighted by molar-refractivity contribution is 0.0943. The van der Waals surface area contributed by atoms with E-state index in [1.54, 1.807) is 6.07 Å². The van der Waals surface area contributed by atoms with Crippen molar-refractivity contribution in [3.8, 4) is 0 Å². The summed E-state index contributed by atoms with van der Waals surface area (Å²) in [7, 11) is 1.47. The third-order valence-electron chi connectivity index (χ3n) is 3.73. The predicted octanol–water partition coefficient (Wildman–Crippen LogP) is 3.69. The van der Waals surface area contributed by atoms with Crippen LogP contribution in [0.25, 0.3) is 0 Å². The molecular weight excluding hydrogens is 378 g/mol. The zero-order chi connectivity index (χ0) is 15.5. The summed E-state index contributed by atoms with van der Waals surface area (Å²) in [4.78, 5) is 12.0. The minimum absolute atomic E-state index is 0.0884. The fraction of sp³-hybridized carbons (Fsp3) is 0.500. The van der Waals surface area contributed by atoms with Gasteiger partial charge in [0.05, 0.1) is 4.90 Å². The average molecular weight is 395 g/mol. The number of hydrogen-bond donors (Lipinski definition) is 1. The highest BCUT2D eigenvalue weighted by Gasteiger charge is 2.19. The summed E-state index contributed by atoms with van der Waals surface area (Å²) in [6, 6.07) is 4.39. The van der Waals surface area contributed by atoms with Crippen molar-refractivity contribution in [1.82, 2.24) is 5.32 Å². The third kappa shape index (κ3) is 4.69. The van der Waals surface area contributed by atoms with E-state index in [1.807, 2.05) is 0 Å². The van der Waals surface area contributed by atoms with Gasteiger partial charge in [-0.25, -0.2) is 8.42 Å². The molecule has 1 aromatic rings. The van der Waals surface area contributed by atoms with Gasteiger partial charge in [0.1, 0.15) is 0 Å². The summed E-state index contributed by atoms with van der Waals surface area (Å²) in [5.74, 6) is 0.254. The summed E-state index contributed by atoms with van der Waals surface area (Å²) in [5.41, 5.74) is 0.299. The van der Waals surface area contributed by atoms with E-state index in [4.69, 9.17) is 10.7 Å². The second kappa shape index (κ2) is 7.11. The van der Waals surface area contributed by atoms with Crippen LogP contribution in [0.4, 0.5) is 0 Å². The molecule has 0 aromatic heterocycles. The van der Waals surface area contributed by atoms with Gasteiger partial charge in [-0.1, -0.05) is 19.3 Å². The van der Waals surface area contributed by atoms with E-state index < -0.39 is 9.05 Å². The molecule has 2 rings (SSSR count). The van der Waals surface area contributed by atoms with Crippen LogP contribution in [0.5, 0.6) is 0 Å². The summed E-state index contributed by atoms with van der Waals surface area (Å²) in [6.45, 7) is 0.637. The Labute approximate surface area is 137 Å². The van der Waals surface area contributed by atoms with Gasteiger partial charge in [0.25, 0.3) is 15.0 Å². The number of carbonyl (C=O) groups is 1. The summed E-state index contributed by atoms with van der Waals surface area (Å²) in [6.07, 6.45) is 5.98. The van der Waals surface area contributed by atoms with Gasteiger partial charge in [0, 0.05) is 27.3 Å². The highest BCUT2D eigenvalue weighted by molar-refractivity contribution is 9.10. The summed E-state index contributed by atoms with van der Waals surface area (Å²) in [5, 5.41) is 2.87. The maximum atomic E-state index is 12.1. The first-order valence-corrected chi connectivity index (χ1v) is 10.0. The number of benzene rings is 1. The van der Waals surface area contributed by atoms with Gasteiger partial charge in [0.2, 0.25) is 0 Å². The van der Waals surface area contributed by atoms with Gasteiger partial charge in [-0.2, -0.15) is 0 Å². The molecule has 1 aliphatic carbocycles. The van der Waals surface area contributed by atoms with Gasteiger partial charge in [-0.15, -0.1) is 0 Å². The van der Waals surface area contributed by atoms with Crippen molar-refractivity contribution in [3.05, 3.63) is 28.2 Å². The molecule has 0 radical (unpaired) electrons. The SMILES string of the molecule is O=C(NCC1CCCCC1)c1ccc(Br)c(S(=O)(=O)Cl)c1. The van der Waals surface area contributed by atoms with Crippen LogP contribution in [0.3, 0.4) is 0 Å². The molecule has 1 N–H and O–H groups in total. The molecule has 0 aliphatic heterocycles. The molecule has 21 heavy (non-hydrogen) atoms. The molecule has 0 saturated heterocycles. The molecule has 0 heterocycles. The average Bonchev–Trinajstić information content (AvgIpc) is 2.45. The first kappa shape index (κ1) is 16.8. The largest absolute Gasteiger partial charge is 0.352 e. The van der Waals surface area contributed by atoms with Crippen LogP contribution in [0.15, 0.2) is 27.6 Å². The normalized spacial score (nSPS) is 16.7. The smallest absolute Gasteiger partial charge is 0.262 e. The second-order valence-corrected chi connectivity index (χ2v) is 8.69. The lowest BCUT2D eigenvalue weighted by Crippen LogP contribution is -2.30. The Hall–Kier alpha value is -0.590. The summed E-state index contributed by atoms with van der Waals surface area (Å²) < 4.78 is 23.2. The van der Waals surface area contributed by atoms with Gasteiger partial charge < -0.3 is 5.32 Å². The molecule has 1 aliphatic rings. The molecule has 1 saturated carbocycles. The number of nitrogens with one attached hydrogen (secondary N) is 1. The van der Waals surface area contributed by atoms with Crippen LogP contribution >= 0.6 is 26.6 Å². The van der Waals surface area contributed by atoms with E-state index in [-0.39, 0.29) is 10.8 Å². The van der Waals surface area contributed by atoms with Crippen molar-refractivity contribution in [2.45, 2.75) is 37.0 Å². The number of amides is 1. The first-order chi connectivity index (χ1) is 9.88. The highest BCUT2D eigenvalue weighted by Crippen LogP contribution is 2.26. The van der Waals surface area contributed by atoms with E-state index in [1.165, 1.54) is 31.4 Å². The number of carbonyl (C=O) groups excluding carboxylic acids is 1. The Kier molecular flexibility index (Phi) is 5.68. The lowest BCUT2D eigenvalue weighted by Gasteiger charge is -2.21. The molecule has 1 amide bonds. The first-order valence-electron chi connectivity index (χ1n) is 6.90. The molecule has 116 valence electrons. The minimum atomic E-state index is -3.88. The highest BCUT2D eigenvalue weighted by atomic mass is 79.9. The monoisotopic (exact) mass is 393 g/mol. The maximum absolute atomic E-state index is 12.1. The van der Waals surface area contributed by atoms with Crippen molar-refractivity contribution in [1.29, 1.82) is 0 Å². The maximum Gasteiger partial charge on any atom is 0.262 e. The van der Waals surface area contributed by atoms with Gasteiger partial charge in [0.15, 0.2) is 0 Å². The Balaban J connectivity index is 2.05. The van der Waals surface area contributed by atoms with E-state index in [9.17, 15) is 13.2 Å². The number of rotatable bonds is 4. The van der Waals surface area contributed by atoms with E-state index in [0.717, 1.165) is 12.8 Å². The van der Waals surface area contributed by atoms with Crippen LogP contribution < -0.4 is 5.32 Å². The fourth-order valence-corrected chi connectivity index (χ4v) is 4.68. The fourth-order valence-electron chi connectivity index (χ4n) is 2.56. The summed E-state index contributed by atoms with van der Waals surface area (Å²) >= 11 is 3.12. The van der Waals surface area contributed by atoms with E-state index in [0.29, 0.717) is 22.5 Å². The van der Waals surface area contributed by atoms with Crippen molar-refractivity contribution in [2.24, 2.45) is 5.92 Å². The van der Waals surface area contributed by atoms with Crippen molar-refractivity contribution < 1.29 is 13.2 Å². The topological polar surface area (TPSA) is 63.2 Å². The Morgan fingerprint density at radius 2 is 1.95 bits per heavy atom. The zero-order valence-corrected chi connectivity index (χ0v) is 14.6.